The molecule has 0 aromatic heterocycles. The maximum Gasteiger partial charge on any atom is 0.212 e. The fourth-order valence-electron chi connectivity index (χ4n) is 1.46. The summed E-state index contributed by atoms with van der Waals surface area (Å²) in [5.41, 5.74) is 0. The van der Waals surface area contributed by atoms with Gasteiger partial charge in [0.15, 0.2) is 0 Å². The Hall–Kier alpha value is -1.11. The van der Waals surface area contributed by atoms with E-state index in [9.17, 15) is 8.42 Å². The lowest BCUT2D eigenvalue weighted by atomic mass is 10.3. The van der Waals surface area contributed by atoms with E-state index in [0.29, 0.717) is 13.2 Å². The van der Waals surface area contributed by atoms with E-state index in [4.69, 9.17) is 4.74 Å². The number of para-hydroxylation sites is 1. The number of hydrogen-bond donors (Lipinski definition) is 2. The molecule has 0 unspecified atom stereocenters. The molecule has 0 bridgehead atoms. The molecule has 0 fully saturated rings. The van der Waals surface area contributed by atoms with Gasteiger partial charge in [0.05, 0.1) is 5.75 Å². The average Bonchev–Trinajstić information content (AvgIpc) is 2.41. The molecule has 1 aromatic rings. The predicted octanol–water partition coefficient (Wildman–Crippen LogP) is 0.984. The van der Waals surface area contributed by atoms with Crippen LogP contribution in [0.25, 0.3) is 0 Å². The van der Waals surface area contributed by atoms with Gasteiger partial charge in [0.25, 0.3) is 0 Å². The molecule has 0 saturated heterocycles. The highest BCUT2D eigenvalue weighted by Gasteiger charge is 2.08. The van der Waals surface area contributed by atoms with Crippen molar-refractivity contribution < 1.29 is 13.2 Å². The topological polar surface area (TPSA) is 67.4 Å². The molecule has 0 radical (unpaired) electrons. The molecule has 6 heteroatoms. The molecule has 0 heterocycles. The van der Waals surface area contributed by atoms with Crippen molar-refractivity contribution in [1.29, 1.82) is 0 Å². The fraction of sp³-hybridized carbons (Fsp3) is 0.538. The molecular formula is C13H22N2O3S. The normalized spacial score (nSPS) is 11.4. The molecule has 0 atom stereocenters. The largest absolute Gasteiger partial charge is 0.492 e. The molecule has 0 spiro atoms. The van der Waals surface area contributed by atoms with Crippen LogP contribution in [-0.2, 0) is 10.0 Å². The molecule has 0 amide bonds. The fourth-order valence-corrected chi connectivity index (χ4v) is 2.41. The van der Waals surface area contributed by atoms with Crippen LogP contribution in [0.2, 0.25) is 0 Å². The zero-order valence-corrected chi connectivity index (χ0v) is 12.1. The molecule has 108 valence electrons. The highest BCUT2D eigenvalue weighted by atomic mass is 32.2. The minimum atomic E-state index is -3.21. The third-order valence-corrected chi connectivity index (χ3v) is 3.80. The molecule has 5 nitrogen and oxygen atoms in total. The highest BCUT2D eigenvalue weighted by molar-refractivity contribution is 7.89. The number of ether oxygens (including phenoxy) is 1. The maximum atomic E-state index is 11.6. The summed E-state index contributed by atoms with van der Waals surface area (Å²) in [5.74, 6) is 0.838. The lowest BCUT2D eigenvalue weighted by molar-refractivity contribution is 0.323. The van der Waals surface area contributed by atoms with Gasteiger partial charge in [-0.25, -0.2) is 13.1 Å². The lowest BCUT2D eigenvalue weighted by Gasteiger charge is -2.08. The van der Waals surface area contributed by atoms with E-state index in [0.717, 1.165) is 18.7 Å². The van der Waals surface area contributed by atoms with Crippen LogP contribution in [0.3, 0.4) is 0 Å². The number of rotatable bonds is 10. The Bertz CT molecular complexity index is 434. The van der Waals surface area contributed by atoms with Crippen molar-refractivity contribution in [3.8, 4) is 5.75 Å². The van der Waals surface area contributed by atoms with Crippen LogP contribution in [0.15, 0.2) is 30.3 Å². The Balaban J connectivity index is 2.14. The van der Waals surface area contributed by atoms with E-state index in [2.05, 4.69) is 10.0 Å². The average molecular weight is 286 g/mol. The van der Waals surface area contributed by atoms with Crippen molar-refractivity contribution in [2.45, 2.75) is 13.3 Å². The van der Waals surface area contributed by atoms with Gasteiger partial charge in [-0.05, 0) is 25.1 Å². The minimum Gasteiger partial charge on any atom is -0.492 e. The van der Waals surface area contributed by atoms with Crippen molar-refractivity contribution in [1.82, 2.24) is 10.0 Å². The second-order valence-corrected chi connectivity index (χ2v) is 6.05. The Kier molecular flexibility index (Phi) is 7.47. The molecule has 0 aliphatic rings. The van der Waals surface area contributed by atoms with Gasteiger partial charge in [0.2, 0.25) is 10.0 Å². The summed E-state index contributed by atoms with van der Waals surface area (Å²) in [6, 6.07) is 9.32. The van der Waals surface area contributed by atoms with E-state index in [1.54, 1.807) is 0 Å². The summed E-state index contributed by atoms with van der Waals surface area (Å²) < 4.78 is 31.1. The zero-order valence-electron chi connectivity index (χ0n) is 11.3. The third-order valence-electron chi connectivity index (χ3n) is 2.41. The number of hydrogen-bond acceptors (Lipinski definition) is 4. The molecule has 0 saturated carbocycles. The van der Waals surface area contributed by atoms with Gasteiger partial charge in [0, 0.05) is 13.1 Å². The van der Waals surface area contributed by atoms with Crippen LogP contribution < -0.4 is 14.8 Å². The van der Waals surface area contributed by atoms with Crippen LogP contribution in [0.4, 0.5) is 0 Å². The van der Waals surface area contributed by atoms with E-state index in [1.807, 2.05) is 37.3 Å². The Morgan fingerprint density at radius 2 is 1.84 bits per heavy atom. The quantitative estimate of drug-likeness (QED) is 0.629. The first-order valence-corrected chi connectivity index (χ1v) is 8.15. The Morgan fingerprint density at radius 1 is 1.11 bits per heavy atom. The second-order valence-electron chi connectivity index (χ2n) is 4.12. The van der Waals surface area contributed by atoms with Crippen molar-refractivity contribution in [3.05, 3.63) is 30.3 Å². The molecule has 1 aromatic carbocycles. The van der Waals surface area contributed by atoms with Gasteiger partial charge in [-0.15, -0.1) is 0 Å². The summed E-state index contributed by atoms with van der Waals surface area (Å²) >= 11 is 0. The first kappa shape index (κ1) is 15.9. The van der Waals surface area contributed by atoms with Gasteiger partial charge in [-0.3, -0.25) is 0 Å². The summed E-state index contributed by atoms with van der Waals surface area (Å²) in [7, 11) is -3.21. The molecule has 0 aliphatic carbocycles. The maximum absolute atomic E-state index is 11.6. The van der Waals surface area contributed by atoms with Gasteiger partial charge in [0.1, 0.15) is 12.4 Å². The van der Waals surface area contributed by atoms with E-state index < -0.39 is 10.0 Å². The highest BCUT2D eigenvalue weighted by Crippen LogP contribution is 2.07. The second kappa shape index (κ2) is 8.90. The lowest BCUT2D eigenvalue weighted by Crippen LogP contribution is -2.34. The number of benzene rings is 1. The van der Waals surface area contributed by atoms with Crippen molar-refractivity contribution in [2.24, 2.45) is 0 Å². The molecule has 1 rings (SSSR count). The smallest absolute Gasteiger partial charge is 0.212 e. The molecule has 0 aliphatic heterocycles. The third kappa shape index (κ3) is 7.81. The first-order chi connectivity index (χ1) is 9.14. The van der Waals surface area contributed by atoms with E-state index in [-0.39, 0.29) is 12.3 Å². The van der Waals surface area contributed by atoms with Crippen molar-refractivity contribution in [3.63, 3.8) is 0 Å². The molecular weight excluding hydrogens is 264 g/mol. The van der Waals surface area contributed by atoms with Crippen LogP contribution in [-0.4, -0.2) is 40.4 Å². The summed E-state index contributed by atoms with van der Waals surface area (Å²) in [4.78, 5) is 0. The minimum absolute atomic E-state index is 0.0956. The number of sulfonamides is 1. The Labute approximate surface area is 115 Å². The standard InChI is InChI=1S/C13H22N2O3S/c1-2-8-14-10-12-19(16,17)15-9-11-18-13-6-4-3-5-7-13/h3-7,14-15H,2,8-12H2,1H3. The molecule has 2 N–H and O–H groups in total. The van der Waals surface area contributed by atoms with Crippen molar-refractivity contribution >= 4 is 10.0 Å². The zero-order chi connectivity index (χ0) is 14.0. The van der Waals surface area contributed by atoms with Gasteiger partial charge in [-0.1, -0.05) is 25.1 Å². The predicted molar refractivity (Wildman–Crippen MR) is 76.9 cm³/mol. The molecule has 19 heavy (non-hydrogen) atoms. The van der Waals surface area contributed by atoms with E-state index in [1.165, 1.54) is 0 Å². The summed E-state index contributed by atoms with van der Waals surface area (Å²) in [5, 5.41) is 3.06. The first-order valence-electron chi connectivity index (χ1n) is 6.50. The van der Waals surface area contributed by atoms with Gasteiger partial charge in [-0.2, -0.15) is 0 Å². The SMILES string of the molecule is CCCNCCS(=O)(=O)NCCOc1ccccc1. The van der Waals surface area contributed by atoms with Crippen LogP contribution in [0, 0.1) is 0 Å². The van der Waals surface area contributed by atoms with Crippen LogP contribution in [0.1, 0.15) is 13.3 Å². The summed E-state index contributed by atoms with van der Waals surface area (Å²) in [6.45, 7) is 3.96. The van der Waals surface area contributed by atoms with E-state index >= 15 is 0 Å². The van der Waals surface area contributed by atoms with Crippen LogP contribution >= 0.6 is 0 Å². The Morgan fingerprint density at radius 3 is 2.53 bits per heavy atom. The van der Waals surface area contributed by atoms with Crippen LogP contribution in [0.5, 0.6) is 5.75 Å². The summed E-state index contributed by atoms with van der Waals surface area (Å²) in [6.07, 6.45) is 0.998. The number of nitrogens with one attached hydrogen (secondary N) is 2. The van der Waals surface area contributed by atoms with Gasteiger partial charge >= 0.3 is 0 Å². The van der Waals surface area contributed by atoms with Gasteiger partial charge < -0.3 is 10.1 Å². The monoisotopic (exact) mass is 286 g/mol. The van der Waals surface area contributed by atoms with Crippen molar-refractivity contribution in [2.75, 3.05) is 32.0 Å².